The topological polar surface area (TPSA) is 98.5 Å². The lowest BCUT2D eigenvalue weighted by Crippen LogP contribution is -2.36. The second-order valence-electron chi connectivity index (χ2n) is 4.59. The molecule has 1 amide bonds. The standard InChI is InChI=1S/C13H20N2O4S/c1-5-15-13(16)10(4)19-11-6-8(2)12(9(3)7-11)20(14,17)18/h6-7,10H,5H2,1-4H3,(H,15,16)(H2,14,17,18). The van der Waals surface area contributed by atoms with Crippen LogP contribution in [-0.2, 0) is 14.8 Å². The highest BCUT2D eigenvalue weighted by molar-refractivity contribution is 7.89. The highest BCUT2D eigenvalue weighted by atomic mass is 32.2. The Kier molecular flexibility index (Phi) is 5.13. The van der Waals surface area contributed by atoms with Gasteiger partial charge in [0.2, 0.25) is 10.0 Å². The number of rotatable bonds is 5. The molecular formula is C13H20N2O4S. The van der Waals surface area contributed by atoms with Gasteiger partial charge in [0.25, 0.3) is 5.91 Å². The summed E-state index contributed by atoms with van der Waals surface area (Å²) >= 11 is 0. The molecule has 0 saturated heterocycles. The Morgan fingerprint density at radius 2 is 1.85 bits per heavy atom. The van der Waals surface area contributed by atoms with E-state index in [4.69, 9.17) is 9.88 Å². The van der Waals surface area contributed by atoms with Crippen molar-refractivity contribution < 1.29 is 17.9 Å². The van der Waals surface area contributed by atoms with Gasteiger partial charge >= 0.3 is 0 Å². The van der Waals surface area contributed by atoms with E-state index < -0.39 is 16.1 Å². The summed E-state index contributed by atoms with van der Waals surface area (Å²) in [7, 11) is -3.77. The lowest BCUT2D eigenvalue weighted by molar-refractivity contribution is -0.127. The molecule has 0 radical (unpaired) electrons. The van der Waals surface area contributed by atoms with E-state index >= 15 is 0 Å². The van der Waals surface area contributed by atoms with Crippen LogP contribution in [0.3, 0.4) is 0 Å². The van der Waals surface area contributed by atoms with Crippen molar-refractivity contribution in [1.29, 1.82) is 0 Å². The minimum absolute atomic E-state index is 0.0931. The lowest BCUT2D eigenvalue weighted by atomic mass is 10.1. The van der Waals surface area contributed by atoms with Crippen molar-refractivity contribution >= 4 is 15.9 Å². The molecule has 3 N–H and O–H groups in total. The van der Waals surface area contributed by atoms with Gasteiger partial charge in [0, 0.05) is 6.54 Å². The molecule has 0 fully saturated rings. The van der Waals surface area contributed by atoms with Crippen LogP contribution in [0.2, 0.25) is 0 Å². The Balaban J connectivity index is 3.04. The van der Waals surface area contributed by atoms with E-state index in [9.17, 15) is 13.2 Å². The largest absolute Gasteiger partial charge is 0.481 e. The third kappa shape index (κ3) is 3.94. The SMILES string of the molecule is CCNC(=O)C(C)Oc1cc(C)c(S(N)(=O)=O)c(C)c1. The molecule has 1 unspecified atom stereocenters. The van der Waals surface area contributed by atoms with Crippen LogP contribution in [0.15, 0.2) is 17.0 Å². The highest BCUT2D eigenvalue weighted by Gasteiger charge is 2.18. The Labute approximate surface area is 119 Å². The summed E-state index contributed by atoms with van der Waals surface area (Å²) < 4.78 is 28.5. The van der Waals surface area contributed by atoms with E-state index in [0.717, 1.165) is 0 Å². The molecule has 0 spiro atoms. The predicted octanol–water partition coefficient (Wildman–Crippen LogP) is 0.854. The molecule has 1 aromatic carbocycles. The third-order valence-corrected chi connectivity index (χ3v) is 3.96. The number of primary sulfonamides is 1. The number of aryl methyl sites for hydroxylation is 2. The number of hydrogen-bond acceptors (Lipinski definition) is 4. The van der Waals surface area contributed by atoms with Gasteiger partial charge in [-0.1, -0.05) is 0 Å². The second kappa shape index (κ2) is 6.23. The minimum Gasteiger partial charge on any atom is -0.481 e. The van der Waals surface area contributed by atoms with Gasteiger partial charge in [0.15, 0.2) is 6.10 Å². The first-order valence-electron chi connectivity index (χ1n) is 6.25. The maximum absolute atomic E-state index is 11.6. The summed E-state index contributed by atoms with van der Waals surface area (Å²) in [5.74, 6) is 0.212. The average molecular weight is 300 g/mol. The summed E-state index contributed by atoms with van der Waals surface area (Å²) in [6, 6.07) is 3.12. The molecule has 20 heavy (non-hydrogen) atoms. The number of benzene rings is 1. The van der Waals surface area contributed by atoms with Crippen molar-refractivity contribution in [3.63, 3.8) is 0 Å². The maximum Gasteiger partial charge on any atom is 0.260 e. The Morgan fingerprint density at radius 3 is 2.25 bits per heavy atom. The Morgan fingerprint density at radius 1 is 1.35 bits per heavy atom. The highest BCUT2D eigenvalue weighted by Crippen LogP contribution is 2.25. The van der Waals surface area contributed by atoms with Crippen LogP contribution in [0.1, 0.15) is 25.0 Å². The van der Waals surface area contributed by atoms with Crippen LogP contribution >= 0.6 is 0 Å². The van der Waals surface area contributed by atoms with Crippen molar-refractivity contribution in [2.75, 3.05) is 6.54 Å². The van der Waals surface area contributed by atoms with Crippen molar-refractivity contribution in [3.8, 4) is 5.75 Å². The smallest absolute Gasteiger partial charge is 0.260 e. The molecule has 112 valence electrons. The minimum atomic E-state index is -3.77. The molecule has 1 aromatic rings. The van der Waals surface area contributed by atoms with E-state index in [2.05, 4.69) is 5.32 Å². The quantitative estimate of drug-likeness (QED) is 0.842. The van der Waals surface area contributed by atoms with Gasteiger partial charge in [-0.15, -0.1) is 0 Å². The molecule has 0 aliphatic heterocycles. The zero-order chi connectivity index (χ0) is 15.5. The number of likely N-dealkylation sites (N-methyl/N-ethyl adjacent to an activating group) is 1. The number of amides is 1. The first-order valence-corrected chi connectivity index (χ1v) is 7.79. The van der Waals surface area contributed by atoms with Gasteiger partial charge in [0.1, 0.15) is 5.75 Å². The number of ether oxygens (including phenoxy) is 1. The lowest BCUT2D eigenvalue weighted by Gasteiger charge is -2.16. The van der Waals surface area contributed by atoms with Crippen LogP contribution in [0.5, 0.6) is 5.75 Å². The van der Waals surface area contributed by atoms with Crippen LogP contribution in [0, 0.1) is 13.8 Å². The predicted molar refractivity (Wildman–Crippen MR) is 76.1 cm³/mol. The zero-order valence-electron chi connectivity index (χ0n) is 12.1. The number of nitrogens with two attached hydrogens (primary N) is 1. The Hall–Kier alpha value is -1.60. The molecule has 0 saturated carbocycles. The molecular weight excluding hydrogens is 280 g/mol. The maximum atomic E-state index is 11.6. The fraction of sp³-hybridized carbons (Fsp3) is 0.462. The molecule has 0 aromatic heterocycles. The van der Waals surface area contributed by atoms with Crippen molar-refractivity contribution in [1.82, 2.24) is 5.32 Å². The fourth-order valence-electron chi connectivity index (χ4n) is 2.00. The van der Waals surface area contributed by atoms with E-state index in [-0.39, 0.29) is 10.8 Å². The van der Waals surface area contributed by atoms with Gasteiger partial charge in [0.05, 0.1) is 4.90 Å². The van der Waals surface area contributed by atoms with Crippen molar-refractivity contribution in [2.24, 2.45) is 5.14 Å². The molecule has 0 aliphatic rings. The first-order chi connectivity index (χ1) is 9.16. The van der Waals surface area contributed by atoms with Gasteiger partial charge in [-0.3, -0.25) is 4.79 Å². The second-order valence-corrected chi connectivity index (χ2v) is 6.08. The summed E-state index contributed by atoms with van der Waals surface area (Å²) in [4.78, 5) is 11.7. The van der Waals surface area contributed by atoms with Crippen LogP contribution in [0.25, 0.3) is 0 Å². The van der Waals surface area contributed by atoms with Gasteiger partial charge < -0.3 is 10.1 Å². The van der Waals surface area contributed by atoms with Gasteiger partial charge in [-0.2, -0.15) is 0 Å². The fourth-order valence-corrected chi connectivity index (χ4v) is 3.02. The molecule has 7 heteroatoms. The van der Waals surface area contributed by atoms with Gasteiger partial charge in [-0.05, 0) is 51.0 Å². The van der Waals surface area contributed by atoms with E-state index in [0.29, 0.717) is 23.4 Å². The number of hydrogen-bond donors (Lipinski definition) is 2. The zero-order valence-corrected chi connectivity index (χ0v) is 12.9. The summed E-state index contributed by atoms with van der Waals surface area (Å²) in [5.41, 5.74) is 0.983. The van der Waals surface area contributed by atoms with E-state index in [1.165, 1.54) is 0 Å². The molecule has 1 atom stereocenters. The number of carbonyl (C=O) groups is 1. The van der Waals surface area contributed by atoms with Gasteiger partial charge in [-0.25, -0.2) is 13.6 Å². The van der Waals surface area contributed by atoms with Crippen LogP contribution < -0.4 is 15.2 Å². The monoisotopic (exact) mass is 300 g/mol. The summed E-state index contributed by atoms with van der Waals surface area (Å²) in [6.07, 6.45) is -0.658. The normalized spacial score (nSPS) is 12.8. The van der Waals surface area contributed by atoms with E-state index in [1.807, 2.05) is 6.92 Å². The molecule has 0 bridgehead atoms. The van der Waals surface area contributed by atoms with Crippen LogP contribution in [0.4, 0.5) is 0 Å². The number of carbonyl (C=O) groups excluding carboxylic acids is 1. The first kappa shape index (κ1) is 16.5. The van der Waals surface area contributed by atoms with Crippen LogP contribution in [-0.4, -0.2) is 27.0 Å². The summed E-state index contributed by atoms with van der Waals surface area (Å²) in [5, 5.41) is 7.82. The third-order valence-electron chi connectivity index (χ3n) is 2.75. The Bertz CT molecular complexity index is 588. The molecule has 0 aliphatic carbocycles. The number of sulfonamides is 1. The number of nitrogens with one attached hydrogen (secondary N) is 1. The molecule has 0 heterocycles. The molecule has 1 rings (SSSR count). The average Bonchev–Trinajstić information content (AvgIpc) is 2.25. The summed E-state index contributed by atoms with van der Waals surface area (Å²) in [6.45, 7) is 7.24. The molecule has 6 nitrogen and oxygen atoms in total. The van der Waals surface area contributed by atoms with Crippen molar-refractivity contribution in [2.45, 2.75) is 38.7 Å². The van der Waals surface area contributed by atoms with E-state index in [1.54, 1.807) is 32.9 Å². The van der Waals surface area contributed by atoms with Crippen molar-refractivity contribution in [3.05, 3.63) is 23.3 Å².